The Balaban J connectivity index is 0.00000225. The van der Waals surface area contributed by atoms with Crippen LogP contribution in [0.5, 0.6) is 0 Å². The third-order valence-corrected chi connectivity index (χ3v) is 4.16. The molecular weight excluding hydrogens is 346 g/mol. The normalized spacial score (nSPS) is 20.5. The van der Waals surface area contributed by atoms with Crippen LogP contribution in [0.4, 0.5) is 5.69 Å². The van der Waals surface area contributed by atoms with E-state index in [1.807, 2.05) is 29.2 Å². The fourth-order valence-electron chi connectivity index (χ4n) is 2.76. The average molecular weight is 370 g/mol. The number of carbonyl (C=O) groups excluding carboxylic acids is 2. The van der Waals surface area contributed by atoms with Crippen molar-refractivity contribution in [3.8, 4) is 0 Å². The van der Waals surface area contributed by atoms with Gasteiger partial charge in [-0.2, -0.15) is 0 Å². The Bertz CT molecular complexity index is 519. The van der Waals surface area contributed by atoms with Gasteiger partial charge in [-0.3, -0.25) is 9.59 Å². The van der Waals surface area contributed by atoms with Gasteiger partial charge in [-0.25, -0.2) is 0 Å². The number of hydrogen-bond acceptors (Lipinski definition) is 5. The molecule has 0 aromatic heterocycles. The van der Waals surface area contributed by atoms with E-state index in [9.17, 15) is 9.59 Å². The maximum atomic E-state index is 12.2. The van der Waals surface area contributed by atoms with Gasteiger partial charge in [0.2, 0.25) is 5.91 Å². The minimum absolute atomic E-state index is 0. The van der Waals surface area contributed by atoms with Gasteiger partial charge in [-0.15, -0.1) is 12.4 Å². The van der Waals surface area contributed by atoms with Crippen LogP contribution >= 0.6 is 12.4 Å². The smallest absolute Gasteiger partial charge is 0.254 e. The van der Waals surface area contributed by atoms with Crippen molar-refractivity contribution in [3.05, 3.63) is 29.8 Å². The van der Waals surface area contributed by atoms with Gasteiger partial charge < -0.3 is 25.0 Å². The van der Waals surface area contributed by atoms with Gasteiger partial charge in [0.05, 0.1) is 26.2 Å². The largest absolute Gasteiger partial charge is 0.378 e. The van der Waals surface area contributed by atoms with Crippen LogP contribution in [0.25, 0.3) is 0 Å². The molecule has 7 nitrogen and oxygen atoms in total. The summed E-state index contributed by atoms with van der Waals surface area (Å²) in [4.78, 5) is 26.1. The second-order valence-electron chi connectivity index (χ2n) is 5.92. The molecule has 2 saturated heterocycles. The van der Waals surface area contributed by atoms with E-state index in [1.54, 1.807) is 0 Å². The fraction of sp³-hybridized carbons (Fsp3) is 0.529. The van der Waals surface area contributed by atoms with E-state index in [0.717, 1.165) is 12.1 Å². The standard InChI is InChI=1S/C17H23N3O4.ClH/c21-16(20-6-9-23-10-7-20)11-13-1-3-14(4-2-13)19-17(22)15-12-18-5-8-24-15;/h1-4,15,18H,5-12H2,(H,19,22);1H. The lowest BCUT2D eigenvalue weighted by Gasteiger charge is -2.26. The number of halogens is 1. The number of morpholine rings is 2. The molecule has 0 bridgehead atoms. The van der Waals surface area contributed by atoms with E-state index in [2.05, 4.69) is 10.6 Å². The zero-order chi connectivity index (χ0) is 16.8. The molecule has 8 heteroatoms. The van der Waals surface area contributed by atoms with Crippen LogP contribution in [0.3, 0.4) is 0 Å². The highest BCUT2D eigenvalue weighted by atomic mass is 35.5. The molecule has 1 atom stereocenters. The van der Waals surface area contributed by atoms with Gasteiger partial charge in [-0.1, -0.05) is 12.1 Å². The van der Waals surface area contributed by atoms with Crippen molar-refractivity contribution in [2.45, 2.75) is 12.5 Å². The van der Waals surface area contributed by atoms with E-state index in [4.69, 9.17) is 9.47 Å². The molecule has 2 aliphatic heterocycles. The Kier molecular flexibility index (Phi) is 7.64. The fourth-order valence-corrected chi connectivity index (χ4v) is 2.76. The Morgan fingerprint density at radius 3 is 2.52 bits per heavy atom. The molecule has 138 valence electrons. The van der Waals surface area contributed by atoms with Gasteiger partial charge in [0.1, 0.15) is 6.10 Å². The molecule has 0 saturated carbocycles. The van der Waals surface area contributed by atoms with Crippen molar-refractivity contribution >= 4 is 29.9 Å². The van der Waals surface area contributed by atoms with Gasteiger partial charge in [0.25, 0.3) is 5.91 Å². The maximum absolute atomic E-state index is 12.2. The molecule has 2 heterocycles. The van der Waals surface area contributed by atoms with Crippen LogP contribution in [-0.4, -0.2) is 68.8 Å². The second kappa shape index (κ2) is 9.72. The molecule has 0 aliphatic carbocycles. The number of nitrogens with one attached hydrogen (secondary N) is 2. The zero-order valence-corrected chi connectivity index (χ0v) is 14.8. The number of rotatable bonds is 4. The highest BCUT2D eigenvalue weighted by Gasteiger charge is 2.22. The molecule has 2 aliphatic rings. The predicted molar refractivity (Wildman–Crippen MR) is 96.0 cm³/mol. The number of nitrogens with zero attached hydrogens (tertiary/aromatic N) is 1. The summed E-state index contributed by atoms with van der Waals surface area (Å²) in [5.74, 6) is -0.0453. The molecule has 2 amide bonds. The minimum atomic E-state index is -0.457. The molecule has 3 rings (SSSR count). The minimum Gasteiger partial charge on any atom is -0.378 e. The summed E-state index contributed by atoms with van der Waals surface area (Å²) in [5, 5.41) is 5.97. The molecule has 2 fully saturated rings. The van der Waals surface area contributed by atoms with Gasteiger partial charge >= 0.3 is 0 Å². The summed E-state index contributed by atoms with van der Waals surface area (Å²) in [6, 6.07) is 7.37. The summed E-state index contributed by atoms with van der Waals surface area (Å²) in [5.41, 5.74) is 1.64. The van der Waals surface area contributed by atoms with Crippen LogP contribution in [-0.2, 0) is 25.5 Å². The Labute approximate surface area is 153 Å². The van der Waals surface area contributed by atoms with Crippen molar-refractivity contribution in [1.82, 2.24) is 10.2 Å². The maximum Gasteiger partial charge on any atom is 0.254 e. The quantitative estimate of drug-likeness (QED) is 0.805. The number of ether oxygens (including phenoxy) is 2. The van der Waals surface area contributed by atoms with Crippen LogP contribution in [0.2, 0.25) is 0 Å². The molecular formula is C17H24ClN3O4. The topological polar surface area (TPSA) is 79.9 Å². The molecule has 1 unspecified atom stereocenters. The van der Waals surface area contributed by atoms with Crippen molar-refractivity contribution in [3.63, 3.8) is 0 Å². The average Bonchev–Trinajstić information content (AvgIpc) is 2.65. The van der Waals surface area contributed by atoms with Crippen LogP contribution < -0.4 is 10.6 Å². The first kappa shape index (κ1) is 19.7. The van der Waals surface area contributed by atoms with Gasteiger partial charge in [0, 0.05) is 31.9 Å². The lowest BCUT2D eigenvalue weighted by molar-refractivity contribution is -0.134. The lowest BCUT2D eigenvalue weighted by atomic mass is 10.1. The van der Waals surface area contributed by atoms with Crippen molar-refractivity contribution in [2.75, 3.05) is 51.3 Å². The molecule has 1 aromatic rings. The number of amides is 2. The van der Waals surface area contributed by atoms with E-state index in [0.29, 0.717) is 51.6 Å². The van der Waals surface area contributed by atoms with Crippen LogP contribution in [0.15, 0.2) is 24.3 Å². The molecule has 25 heavy (non-hydrogen) atoms. The zero-order valence-electron chi connectivity index (χ0n) is 14.0. The highest BCUT2D eigenvalue weighted by Crippen LogP contribution is 2.12. The Morgan fingerprint density at radius 2 is 1.88 bits per heavy atom. The summed E-state index contributed by atoms with van der Waals surface area (Å²) in [6.45, 7) is 4.36. The third-order valence-electron chi connectivity index (χ3n) is 4.16. The second-order valence-corrected chi connectivity index (χ2v) is 5.92. The first-order valence-corrected chi connectivity index (χ1v) is 8.30. The van der Waals surface area contributed by atoms with E-state index < -0.39 is 6.10 Å². The highest BCUT2D eigenvalue weighted by molar-refractivity contribution is 5.94. The number of anilines is 1. The predicted octanol–water partition coefficient (Wildman–Crippen LogP) is 0.437. The van der Waals surface area contributed by atoms with Gasteiger partial charge in [0.15, 0.2) is 0 Å². The lowest BCUT2D eigenvalue weighted by Crippen LogP contribution is -2.45. The van der Waals surface area contributed by atoms with E-state index in [1.165, 1.54) is 0 Å². The SMILES string of the molecule is Cl.O=C(Nc1ccc(CC(=O)N2CCOCC2)cc1)C1CNCCO1. The Morgan fingerprint density at radius 1 is 1.16 bits per heavy atom. The van der Waals surface area contributed by atoms with Crippen LogP contribution in [0, 0.1) is 0 Å². The summed E-state index contributed by atoms with van der Waals surface area (Å²) >= 11 is 0. The van der Waals surface area contributed by atoms with Crippen molar-refractivity contribution < 1.29 is 19.1 Å². The first-order valence-electron chi connectivity index (χ1n) is 8.30. The van der Waals surface area contributed by atoms with Crippen molar-refractivity contribution in [1.29, 1.82) is 0 Å². The molecule has 1 aromatic carbocycles. The number of carbonyl (C=O) groups is 2. The van der Waals surface area contributed by atoms with E-state index >= 15 is 0 Å². The molecule has 2 N–H and O–H groups in total. The summed E-state index contributed by atoms with van der Waals surface area (Å²) in [6.07, 6.45) is -0.0921. The summed E-state index contributed by atoms with van der Waals surface area (Å²) < 4.78 is 10.7. The monoisotopic (exact) mass is 369 g/mol. The van der Waals surface area contributed by atoms with Crippen LogP contribution in [0.1, 0.15) is 5.56 Å². The molecule has 0 radical (unpaired) electrons. The first-order chi connectivity index (χ1) is 11.7. The van der Waals surface area contributed by atoms with Crippen molar-refractivity contribution in [2.24, 2.45) is 0 Å². The Hall–Kier alpha value is -1.67. The third kappa shape index (κ3) is 5.67. The number of benzene rings is 1. The number of hydrogen-bond donors (Lipinski definition) is 2. The molecule has 0 spiro atoms. The summed E-state index contributed by atoms with van der Waals surface area (Å²) in [7, 11) is 0. The van der Waals surface area contributed by atoms with E-state index in [-0.39, 0.29) is 24.2 Å². The van der Waals surface area contributed by atoms with Gasteiger partial charge in [-0.05, 0) is 17.7 Å².